The molecule has 1 aromatic carbocycles. The molecule has 3 rings (SSSR count). The van der Waals surface area contributed by atoms with Crippen LogP contribution in [-0.4, -0.2) is 25.9 Å². The minimum absolute atomic E-state index is 0.102. The van der Waals surface area contributed by atoms with Crippen LogP contribution in [-0.2, 0) is 16.4 Å². The molecule has 10 heteroatoms. The number of benzene rings is 1. The van der Waals surface area contributed by atoms with Gasteiger partial charge in [-0.2, -0.15) is 0 Å². The standard InChI is InChI=1S/C13H11F2N3O3S2/c14-7-3-1-4-8(15)11(7)23(20,21)18-13-17-9-5-2-6-16-12(19)10(9)22-13/h1,3-4H,2,5-6H2,(H,16,19)(H,17,18). The molecule has 0 fully saturated rings. The van der Waals surface area contributed by atoms with Gasteiger partial charge in [0.15, 0.2) is 10.0 Å². The van der Waals surface area contributed by atoms with E-state index in [2.05, 4.69) is 10.3 Å². The van der Waals surface area contributed by atoms with E-state index in [1.54, 1.807) is 0 Å². The van der Waals surface area contributed by atoms with E-state index in [-0.39, 0.29) is 11.0 Å². The number of aryl methyl sites for hydroxylation is 1. The SMILES string of the molecule is O=C1NCCCc2nc(NS(=O)(=O)c3c(F)cccc3F)sc21. The van der Waals surface area contributed by atoms with Gasteiger partial charge >= 0.3 is 0 Å². The summed E-state index contributed by atoms with van der Waals surface area (Å²) in [6.07, 6.45) is 1.19. The number of halogens is 2. The van der Waals surface area contributed by atoms with Gasteiger partial charge < -0.3 is 5.32 Å². The summed E-state index contributed by atoms with van der Waals surface area (Å²) in [6.45, 7) is 0.517. The third-order valence-corrected chi connectivity index (χ3v) is 5.72. The molecule has 0 unspecified atom stereocenters. The van der Waals surface area contributed by atoms with E-state index < -0.39 is 26.6 Å². The highest BCUT2D eigenvalue weighted by molar-refractivity contribution is 7.93. The van der Waals surface area contributed by atoms with Crippen LogP contribution in [0.15, 0.2) is 23.1 Å². The maximum atomic E-state index is 13.7. The summed E-state index contributed by atoms with van der Waals surface area (Å²) in [6, 6.07) is 2.77. The van der Waals surface area contributed by atoms with Crippen LogP contribution in [0.5, 0.6) is 0 Å². The quantitative estimate of drug-likeness (QED) is 0.876. The van der Waals surface area contributed by atoms with E-state index in [1.165, 1.54) is 0 Å². The Morgan fingerprint density at radius 3 is 2.65 bits per heavy atom. The van der Waals surface area contributed by atoms with E-state index in [1.807, 2.05) is 4.72 Å². The highest BCUT2D eigenvalue weighted by atomic mass is 32.2. The number of fused-ring (bicyclic) bond motifs is 1. The molecule has 2 N–H and O–H groups in total. The molecular weight excluding hydrogens is 348 g/mol. The number of anilines is 1. The van der Waals surface area contributed by atoms with Crippen molar-refractivity contribution < 1.29 is 22.0 Å². The zero-order valence-electron chi connectivity index (χ0n) is 11.6. The highest BCUT2D eigenvalue weighted by Crippen LogP contribution is 2.28. The lowest BCUT2D eigenvalue weighted by Gasteiger charge is -2.07. The summed E-state index contributed by atoms with van der Waals surface area (Å²) in [5.41, 5.74) is 0.469. The second-order valence-corrected chi connectivity index (χ2v) is 7.43. The average Bonchev–Trinajstić information content (AvgIpc) is 2.77. The number of hydrogen-bond acceptors (Lipinski definition) is 5. The lowest BCUT2D eigenvalue weighted by Crippen LogP contribution is -2.21. The molecule has 0 radical (unpaired) electrons. The van der Waals surface area contributed by atoms with Crippen molar-refractivity contribution in [2.24, 2.45) is 0 Å². The van der Waals surface area contributed by atoms with Crippen LogP contribution in [0.4, 0.5) is 13.9 Å². The number of aromatic nitrogens is 1. The van der Waals surface area contributed by atoms with Gasteiger partial charge in [-0.3, -0.25) is 9.52 Å². The molecule has 0 aliphatic carbocycles. The number of carbonyl (C=O) groups is 1. The molecule has 0 saturated carbocycles. The molecular formula is C13H11F2N3O3S2. The number of nitrogens with zero attached hydrogens (tertiary/aromatic N) is 1. The van der Waals surface area contributed by atoms with Gasteiger partial charge in [0.05, 0.1) is 5.69 Å². The molecule has 6 nitrogen and oxygen atoms in total. The highest BCUT2D eigenvalue weighted by Gasteiger charge is 2.27. The molecule has 122 valence electrons. The summed E-state index contributed by atoms with van der Waals surface area (Å²) in [5.74, 6) is -2.74. The Hall–Kier alpha value is -2.07. The normalized spacial score (nSPS) is 14.8. The molecule has 0 saturated heterocycles. The Morgan fingerprint density at radius 2 is 1.96 bits per heavy atom. The summed E-state index contributed by atoms with van der Waals surface area (Å²) in [5, 5.41) is 2.56. The number of rotatable bonds is 3. The van der Waals surface area contributed by atoms with Crippen LogP contribution in [0, 0.1) is 11.6 Å². The predicted molar refractivity (Wildman–Crippen MR) is 79.9 cm³/mol. The maximum Gasteiger partial charge on any atom is 0.269 e. The summed E-state index contributed by atoms with van der Waals surface area (Å²) in [4.78, 5) is 15.1. The average molecular weight is 359 g/mol. The molecule has 1 aromatic heterocycles. The van der Waals surface area contributed by atoms with Crippen LogP contribution in [0.2, 0.25) is 0 Å². The molecule has 1 aliphatic rings. The number of hydrogen-bond donors (Lipinski definition) is 2. The van der Waals surface area contributed by atoms with Crippen LogP contribution in [0.3, 0.4) is 0 Å². The number of amides is 1. The second kappa shape index (κ2) is 5.85. The van der Waals surface area contributed by atoms with Gasteiger partial charge in [-0.25, -0.2) is 22.2 Å². The van der Waals surface area contributed by atoms with Crippen LogP contribution < -0.4 is 10.0 Å². The largest absolute Gasteiger partial charge is 0.351 e. The topological polar surface area (TPSA) is 88.2 Å². The maximum absolute atomic E-state index is 13.7. The van der Waals surface area contributed by atoms with E-state index in [4.69, 9.17) is 0 Å². The fraction of sp³-hybridized carbons (Fsp3) is 0.231. The molecule has 2 heterocycles. The number of sulfonamides is 1. The number of nitrogens with one attached hydrogen (secondary N) is 2. The van der Waals surface area contributed by atoms with Crippen molar-refractivity contribution in [1.82, 2.24) is 10.3 Å². The second-order valence-electron chi connectivity index (χ2n) is 4.81. The first-order chi connectivity index (χ1) is 10.9. The van der Waals surface area contributed by atoms with Crippen LogP contribution in [0.25, 0.3) is 0 Å². The molecule has 23 heavy (non-hydrogen) atoms. The zero-order valence-corrected chi connectivity index (χ0v) is 13.2. The van der Waals surface area contributed by atoms with Crippen molar-refractivity contribution in [1.29, 1.82) is 0 Å². The molecule has 1 amide bonds. The summed E-state index contributed by atoms with van der Waals surface area (Å²) in [7, 11) is -4.48. The van der Waals surface area contributed by atoms with E-state index in [0.717, 1.165) is 29.5 Å². The van der Waals surface area contributed by atoms with E-state index in [0.29, 0.717) is 30.0 Å². The first-order valence-corrected chi connectivity index (χ1v) is 8.93. The van der Waals surface area contributed by atoms with Crippen molar-refractivity contribution in [3.8, 4) is 0 Å². The Kier molecular flexibility index (Phi) is 4.02. The zero-order chi connectivity index (χ0) is 16.6. The first-order valence-electron chi connectivity index (χ1n) is 6.63. The Bertz CT molecular complexity index is 860. The lowest BCUT2D eigenvalue weighted by molar-refractivity contribution is 0.0960. The third-order valence-electron chi connectivity index (χ3n) is 3.19. The lowest BCUT2D eigenvalue weighted by atomic mass is 10.2. The molecule has 1 aliphatic heterocycles. The van der Waals surface area contributed by atoms with E-state index in [9.17, 15) is 22.0 Å². The fourth-order valence-electron chi connectivity index (χ4n) is 2.19. The molecule has 0 atom stereocenters. The van der Waals surface area contributed by atoms with Crippen molar-refractivity contribution in [2.45, 2.75) is 17.7 Å². The van der Waals surface area contributed by atoms with Crippen molar-refractivity contribution in [3.63, 3.8) is 0 Å². The van der Waals surface area contributed by atoms with Gasteiger partial charge in [-0.1, -0.05) is 17.4 Å². The van der Waals surface area contributed by atoms with Gasteiger partial charge in [-0.05, 0) is 25.0 Å². The van der Waals surface area contributed by atoms with Gasteiger partial charge in [-0.15, -0.1) is 0 Å². The predicted octanol–water partition coefficient (Wildman–Crippen LogP) is 1.90. The molecule has 2 aromatic rings. The smallest absolute Gasteiger partial charge is 0.269 e. The van der Waals surface area contributed by atoms with Crippen LogP contribution >= 0.6 is 11.3 Å². The Balaban J connectivity index is 1.96. The minimum Gasteiger partial charge on any atom is -0.351 e. The Morgan fingerprint density at radius 1 is 1.26 bits per heavy atom. The van der Waals surface area contributed by atoms with Gasteiger partial charge in [0.25, 0.3) is 15.9 Å². The minimum atomic E-state index is -4.48. The summed E-state index contributed by atoms with van der Waals surface area (Å²) >= 11 is 0.832. The van der Waals surface area contributed by atoms with Gasteiger partial charge in [0, 0.05) is 6.54 Å². The fourth-order valence-corrected chi connectivity index (χ4v) is 4.49. The number of carbonyl (C=O) groups excluding carboxylic acids is 1. The van der Waals surface area contributed by atoms with Gasteiger partial charge in [0.1, 0.15) is 16.5 Å². The molecule has 0 bridgehead atoms. The Labute approximate surface area is 134 Å². The van der Waals surface area contributed by atoms with Crippen molar-refractivity contribution in [3.05, 3.63) is 40.4 Å². The third kappa shape index (κ3) is 3.04. The summed E-state index contributed by atoms with van der Waals surface area (Å²) < 4.78 is 53.7. The van der Waals surface area contributed by atoms with Crippen molar-refractivity contribution >= 4 is 32.4 Å². The monoisotopic (exact) mass is 359 g/mol. The van der Waals surface area contributed by atoms with Crippen molar-refractivity contribution in [2.75, 3.05) is 11.3 Å². The van der Waals surface area contributed by atoms with Crippen LogP contribution in [0.1, 0.15) is 21.8 Å². The molecule has 0 spiro atoms. The van der Waals surface area contributed by atoms with E-state index >= 15 is 0 Å². The van der Waals surface area contributed by atoms with Gasteiger partial charge in [0.2, 0.25) is 0 Å². The first kappa shape index (κ1) is 15.8. The number of thiazole rings is 1.